The molecule has 0 radical (unpaired) electrons. The third-order valence-electron chi connectivity index (χ3n) is 2.83. The molecule has 86 valence electrons. The molecule has 0 spiro atoms. The fourth-order valence-electron chi connectivity index (χ4n) is 1.31. The summed E-state index contributed by atoms with van der Waals surface area (Å²) >= 11 is 0. The van der Waals surface area contributed by atoms with E-state index in [2.05, 4.69) is 25.8 Å². The fourth-order valence-corrected chi connectivity index (χ4v) is 1.31. The van der Waals surface area contributed by atoms with E-state index in [4.69, 9.17) is 10.5 Å². The van der Waals surface area contributed by atoms with E-state index in [9.17, 15) is 0 Å². The van der Waals surface area contributed by atoms with E-state index in [-0.39, 0.29) is 5.54 Å². The lowest BCUT2D eigenvalue weighted by Crippen LogP contribution is -2.53. The molecule has 3 nitrogen and oxygen atoms in total. The van der Waals surface area contributed by atoms with Crippen LogP contribution in [0.5, 0.6) is 0 Å². The molecule has 1 unspecified atom stereocenters. The zero-order valence-corrected chi connectivity index (χ0v) is 10.2. The summed E-state index contributed by atoms with van der Waals surface area (Å²) < 4.78 is 5.47. The van der Waals surface area contributed by atoms with Crippen LogP contribution in [0.1, 0.15) is 33.6 Å². The molecule has 0 aliphatic heterocycles. The Bertz CT molecular complexity index is 141. The van der Waals surface area contributed by atoms with Gasteiger partial charge in [0.15, 0.2) is 0 Å². The predicted molar refractivity (Wildman–Crippen MR) is 61.5 cm³/mol. The Morgan fingerprint density at radius 1 is 1.36 bits per heavy atom. The number of rotatable bonds is 8. The smallest absolute Gasteiger partial charge is 0.0659 e. The summed E-state index contributed by atoms with van der Waals surface area (Å²) in [5.74, 6) is 0. The molecule has 0 aromatic heterocycles. The van der Waals surface area contributed by atoms with Crippen molar-refractivity contribution in [3.8, 4) is 0 Å². The third-order valence-corrected chi connectivity index (χ3v) is 2.83. The zero-order chi connectivity index (χ0) is 11.0. The number of hydrogen-bond acceptors (Lipinski definition) is 3. The molecule has 0 aliphatic carbocycles. The highest BCUT2D eigenvalue weighted by Crippen LogP contribution is 2.13. The van der Waals surface area contributed by atoms with Crippen molar-refractivity contribution in [1.82, 2.24) is 4.90 Å². The number of unbranched alkanes of at least 4 members (excludes halogenated alkanes) is 1. The minimum absolute atomic E-state index is 0.00875. The van der Waals surface area contributed by atoms with E-state index in [1.54, 1.807) is 0 Å². The monoisotopic (exact) mass is 202 g/mol. The Labute approximate surface area is 88.6 Å². The van der Waals surface area contributed by atoms with Crippen LogP contribution in [0, 0.1) is 0 Å². The Morgan fingerprint density at radius 3 is 2.43 bits per heavy atom. The van der Waals surface area contributed by atoms with Gasteiger partial charge in [-0.2, -0.15) is 0 Å². The Morgan fingerprint density at radius 2 is 2.00 bits per heavy atom. The van der Waals surface area contributed by atoms with Crippen LogP contribution >= 0.6 is 0 Å². The van der Waals surface area contributed by atoms with Crippen LogP contribution < -0.4 is 5.73 Å². The van der Waals surface area contributed by atoms with Crippen molar-refractivity contribution < 1.29 is 4.74 Å². The van der Waals surface area contributed by atoms with Gasteiger partial charge >= 0.3 is 0 Å². The van der Waals surface area contributed by atoms with E-state index in [1.807, 2.05) is 6.92 Å². The van der Waals surface area contributed by atoms with Gasteiger partial charge in [-0.1, -0.05) is 13.3 Å². The second-order valence-corrected chi connectivity index (χ2v) is 4.11. The topological polar surface area (TPSA) is 38.5 Å². The Kier molecular flexibility index (Phi) is 7.15. The van der Waals surface area contributed by atoms with Crippen molar-refractivity contribution in [3.63, 3.8) is 0 Å². The lowest BCUT2D eigenvalue weighted by molar-refractivity contribution is 0.0235. The molecule has 0 aromatic rings. The molecule has 14 heavy (non-hydrogen) atoms. The summed E-state index contributed by atoms with van der Waals surface area (Å²) in [7, 11) is 2.13. The van der Waals surface area contributed by atoms with Gasteiger partial charge in [0, 0.05) is 13.2 Å². The summed E-state index contributed by atoms with van der Waals surface area (Å²) in [6.45, 7) is 9.61. The van der Waals surface area contributed by atoms with Gasteiger partial charge in [-0.05, 0) is 33.9 Å². The first kappa shape index (κ1) is 13.9. The van der Waals surface area contributed by atoms with Crippen molar-refractivity contribution in [3.05, 3.63) is 0 Å². The van der Waals surface area contributed by atoms with Crippen LogP contribution in [-0.4, -0.2) is 43.8 Å². The highest BCUT2D eigenvalue weighted by atomic mass is 16.5. The minimum atomic E-state index is -0.00875. The predicted octanol–water partition coefficient (Wildman–Crippen LogP) is 1.47. The van der Waals surface area contributed by atoms with Crippen molar-refractivity contribution in [2.24, 2.45) is 5.73 Å². The number of nitrogens with zero attached hydrogens (tertiary/aromatic N) is 1. The highest BCUT2D eigenvalue weighted by molar-refractivity contribution is 4.85. The van der Waals surface area contributed by atoms with Crippen LogP contribution in [0.3, 0.4) is 0 Å². The van der Waals surface area contributed by atoms with Crippen molar-refractivity contribution in [2.75, 3.05) is 33.4 Å². The number of ether oxygens (including phenoxy) is 1. The zero-order valence-electron chi connectivity index (χ0n) is 10.2. The summed E-state index contributed by atoms with van der Waals surface area (Å²) in [5, 5.41) is 0. The molecule has 0 aromatic carbocycles. The molecule has 0 heterocycles. The maximum atomic E-state index is 5.80. The number of hydrogen-bond donors (Lipinski definition) is 1. The highest BCUT2D eigenvalue weighted by Gasteiger charge is 2.27. The quantitative estimate of drug-likeness (QED) is 0.648. The van der Waals surface area contributed by atoms with E-state index in [0.29, 0.717) is 6.54 Å². The summed E-state index contributed by atoms with van der Waals surface area (Å²) in [6.07, 6.45) is 2.44. The van der Waals surface area contributed by atoms with Gasteiger partial charge in [0.25, 0.3) is 0 Å². The SMILES string of the molecule is CCCCN(C)C(C)(CN)COCC. The first-order valence-corrected chi connectivity index (χ1v) is 5.59. The van der Waals surface area contributed by atoms with Crippen LogP contribution in [0.15, 0.2) is 0 Å². The number of likely N-dealkylation sites (N-methyl/N-ethyl adjacent to an activating group) is 1. The van der Waals surface area contributed by atoms with E-state index in [0.717, 1.165) is 19.8 Å². The molecule has 0 saturated carbocycles. The molecule has 0 rings (SSSR count). The Balaban J connectivity index is 4.05. The largest absolute Gasteiger partial charge is 0.380 e. The molecular formula is C11H26N2O. The summed E-state index contributed by atoms with van der Waals surface area (Å²) in [4.78, 5) is 2.31. The lowest BCUT2D eigenvalue weighted by atomic mass is 10.0. The first-order chi connectivity index (χ1) is 6.60. The first-order valence-electron chi connectivity index (χ1n) is 5.59. The standard InChI is InChI=1S/C11H26N2O/c1-5-7-8-13(4)11(3,9-12)10-14-6-2/h5-10,12H2,1-4H3. The van der Waals surface area contributed by atoms with Crippen LogP contribution in [-0.2, 0) is 4.74 Å². The van der Waals surface area contributed by atoms with Gasteiger partial charge < -0.3 is 10.5 Å². The molecule has 1 atom stereocenters. The summed E-state index contributed by atoms with van der Waals surface area (Å²) in [5.41, 5.74) is 5.79. The Hall–Kier alpha value is -0.120. The van der Waals surface area contributed by atoms with Crippen LogP contribution in [0.25, 0.3) is 0 Å². The summed E-state index contributed by atoms with van der Waals surface area (Å²) in [6, 6.07) is 0. The van der Waals surface area contributed by atoms with Gasteiger partial charge in [0.05, 0.1) is 12.1 Å². The van der Waals surface area contributed by atoms with E-state index >= 15 is 0 Å². The molecule has 0 aliphatic rings. The maximum Gasteiger partial charge on any atom is 0.0659 e. The lowest BCUT2D eigenvalue weighted by Gasteiger charge is -2.37. The second kappa shape index (κ2) is 7.21. The molecule has 2 N–H and O–H groups in total. The molecule has 0 amide bonds. The maximum absolute atomic E-state index is 5.80. The average molecular weight is 202 g/mol. The van der Waals surface area contributed by atoms with Gasteiger partial charge in [-0.3, -0.25) is 4.90 Å². The van der Waals surface area contributed by atoms with Gasteiger partial charge in [-0.25, -0.2) is 0 Å². The molecule has 0 saturated heterocycles. The third kappa shape index (κ3) is 4.40. The van der Waals surface area contributed by atoms with Crippen molar-refractivity contribution >= 4 is 0 Å². The van der Waals surface area contributed by atoms with Crippen molar-refractivity contribution in [1.29, 1.82) is 0 Å². The molecule has 0 fully saturated rings. The van der Waals surface area contributed by atoms with Gasteiger partial charge in [-0.15, -0.1) is 0 Å². The fraction of sp³-hybridized carbons (Fsp3) is 1.00. The molecule has 0 bridgehead atoms. The molecule has 3 heteroatoms. The van der Waals surface area contributed by atoms with Gasteiger partial charge in [0.1, 0.15) is 0 Å². The second-order valence-electron chi connectivity index (χ2n) is 4.11. The van der Waals surface area contributed by atoms with Crippen LogP contribution in [0.4, 0.5) is 0 Å². The number of nitrogens with two attached hydrogens (primary N) is 1. The van der Waals surface area contributed by atoms with Crippen LogP contribution in [0.2, 0.25) is 0 Å². The van der Waals surface area contributed by atoms with Gasteiger partial charge in [0.2, 0.25) is 0 Å². The van der Waals surface area contributed by atoms with Crippen molar-refractivity contribution in [2.45, 2.75) is 39.2 Å². The molecular weight excluding hydrogens is 176 g/mol. The normalized spacial score (nSPS) is 15.9. The minimum Gasteiger partial charge on any atom is -0.380 e. The van der Waals surface area contributed by atoms with E-state index in [1.165, 1.54) is 12.8 Å². The average Bonchev–Trinajstić information content (AvgIpc) is 2.22. The van der Waals surface area contributed by atoms with E-state index < -0.39 is 0 Å².